The highest BCUT2D eigenvalue weighted by atomic mass is 32.1. The van der Waals surface area contributed by atoms with Crippen LogP contribution in [0, 0.1) is 12.8 Å². The second-order valence-electron chi connectivity index (χ2n) is 4.10. The Kier molecular flexibility index (Phi) is 3.03. The van der Waals surface area contributed by atoms with Crippen molar-refractivity contribution in [2.75, 3.05) is 6.54 Å². The summed E-state index contributed by atoms with van der Waals surface area (Å²) in [6, 6.07) is 6.44. The van der Waals surface area contributed by atoms with Crippen molar-refractivity contribution in [2.45, 2.75) is 20.3 Å². The Balaban J connectivity index is 2.45. The minimum absolute atomic E-state index is 0.537. The summed E-state index contributed by atoms with van der Waals surface area (Å²) in [5.41, 5.74) is 8.20. The van der Waals surface area contributed by atoms with Gasteiger partial charge in [-0.15, -0.1) is 0 Å². The largest absolute Gasteiger partial charge is 0.330 e. The molecule has 0 saturated heterocycles. The van der Waals surface area contributed by atoms with Gasteiger partial charge in [-0.3, -0.25) is 0 Å². The normalized spacial score (nSPS) is 13.3. The number of nitrogens with two attached hydrogens (primary N) is 1. The Labute approximate surface area is 94.3 Å². The van der Waals surface area contributed by atoms with Crippen molar-refractivity contribution in [3.05, 3.63) is 29.5 Å². The lowest BCUT2D eigenvalue weighted by atomic mass is 9.98. The Morgan fingerprint density at radius 2 is 2.27 bits per heavy atom. The zero-order valence-corrected chi connectivity index (χ0v) is 9.97. The van der Waals surface area contributed by atoms with Crippen molar-refractivity contribution in [3.63, 3.8) is 0 Å². The summed E-state index contributed by atoms with van der Waals surface area (Å²) in [4.78, 5) is 0. The third-order valence-electron chi connectivity index (χ3n) is 2.73. The van der Waals surface area contributed by atoms with Crippen LogP contribution in [0.5, 0.6) is 0 Å². The van der Waals surface area contributed by atoms with E-state index in [0.29, 0.717) is 5.92 Å². The van der Waals surface area contributed by atoms with Crippen molar-refractivity contribution < 1.29 is 0 Å². The molecule has 1 aromatic carbocycles. The summed E-state index contributed by atoms with van der Waals surface area (Å²) in [5.74, 6) is 0.537. The molecule has 0 radical (unpaired) electrons. The molecule has 0 fully saturated rings. The zero-order valence-electron chi connectivity index (χ0n) is 9.16. The van der Waals surface area contributed by atoms with Gasteiger partial charge in [-0.2, -0.15) is 4.37 Å². The SMILES string of the molecule is Cc1nsc2cccc(CC(C)CN)c12. The molecular weight excluding hydrogens is 204 g/mol. The number of benzene rings is 1. The van der Waals surface area contributed by atoms with E-state index in [0.717, 1.165) is 18.7 Å². The summed E-state index contributed by atoms with van der Waals surface area (Å²) in [6.45, 7) is 5.01. The second-order valence-corrected chi connectivity index (χ2v) is 4.91. The molecule has 1 aromatic heterocycles. The first kappa shape index (κ1) is 10.6. The number of hydrogen-bond donors (Lipinski definition) is 1. The Morgan fingerprint density at radius 1 is 1.47 bits per heavy atom. The number of fused-ring (bicyclic) bond motifs is 1. The molecule has 0 aliphatic rings. The first-order valence-electron chi connectivity index (χ1n) is 5.26. The van der Waals surface area contributed by atoms with Crippen molar-refractivity contribution in [1.82, 2.24) is 4.37 Å². The Bertz CT molecular complexity index is 462. The van der Waals surface area contributed by atoms with Gasteiger partial charge in [-0.1, -0.05) is 19.1 Å². The van der Waals surface area contributed by atoms with Gasteiger partial charge in [0.05, 0.1) is 10.4 Å². The van der Waals surface area contributed by atoms with E-state index in [4.69, 9.17) is 5.73 Å². The van der Waals surface area contributed by atoms with E-state index in [9.17, 15) is 0 Å². The van der Waals surface area contributed by atoms with Gasteiger partial charge in [0.25, 0.3) is 0 Å². The van der Waals surface area contributed by atoms with Crippen molar-refractivity contribution in [2.24, 2.45) is 11.7 Å². The summed E-state index contributed by atoms with van der Waals surface area (Å²) in [7, 11) is 0. The molecule has 0 amide bonds. The average Bonchev–Trinajstić information content (AvgIpc) is 2.61. The van der Waals surface area contributed by atoms with Gasteiger partial charge in [-0.05, 0) is 49.0 Å². The van der Waals surface area contributed by atoms with Gasteiger partial charge < -0.3 is 5.73 Å². The standard InChI is InChI=1S/C12H16N2S/c1-8(7-13)6-10-4-3-5-11-12(10)9(2)14-15-11/h3-5,8H,6-7,13H2,1-2H3. The van der Waals surface area contributed by atoms with Gasteiger partial charge in [0.15, 0.2) is 0 Å². The van der Waals surface area contributed by atoms with Crippen molar-refractivity contribution in [1.29, 1.82) is 0 Å². The summed E-state index contributed by atoms with van der Waals surface area (Å²) in [5, 5.41) is 1.34. The van der Waals surface area contributed by atoms with Crippen LogP contribution in [0.25, 0.3) is 10.1 Å². The highest BCUT2D eigenvalue weighted by molar-refractivity contribution is 7.13. The maximum absolute atomic E-state index is 5.66. The van der Waals surface area contributed by atoms with E-state index in [2.05, 4.69) is 36.4 Å². The molecule has 1 atom stereocenters. The van der Waals surface area contributed by atoms with Gasteiger partial charge in [0.1, 0.15) is 0 Å². The van der Waals surface area contributed by atoms with E-state index < -0.39 is 0 Å². The molecule has 80 valence electrons. The molecule has 2 rings (SSSR count). The van der Waals surface area contributed by atoms with Crippen molar-refractivity contribution >= 4 is 21.6 Å². The average molecular weight is 220 g/mol. The number of aromatic nitrogens is 1. The van der Waals surface area contributed by atoms with E-state index in [1.165, 1.54) is 15.6 Å². The smallest absolute Gasteiger partial charge is 0.0592 e. The highest BCUT2D eigenvalue weighted by Gasteiger charge is 2.09. The van der Waals surface area contributed by atoms with Gasteiger partial charge >= 0.3 is 0 Å². The van der Waals surface area contributed by atoms with E-state index in [-0.39, 0.29) is 0 Å². The van der Waals surface area contributed by atoms with Crippen LogP contribution >= 0.6 is 11.5 Å². The van der Waals surface area contributed by atoms with Crippen LogP contribution in [0.3, 0.4) is 0 Å². The van der Waals surface area contributed by atoms with Gasteiger partial charge in [0, 0.05) is 5.39 Å². The monoisotopic (exact) mass is 220 g/mol. The lowest BCUT2D eigenvalue weighted by molar-refractivity contribution is 0.595. The quantitative estimate of drug-likeness (QED) is 0.863. The lowest BCUT2D eigenvalue weighted by Crippen LogP contribution is -2.13. The maximum Gasteiger partial charge on any atom is 0.0592 e. The molecule has 0 bridgehead atoms. The number of aryl methyl sites for hydroxylation is 1. The lowest BCUT2D eigenvalue weighted by Gasteiger charge is -2.09. The fourth-order valence-corrected chi connectivity index (χ4v) is 2.69. The van der Waals surface area contributed by atoms with E-state index in [1.54, 1.807) is 11.5 Å². The molecule has 2 nitrogen and oxygen atoms in total. The van der Waals surface area contributed by atoms with E-state index in [1.807, 2.05) is 0 Å². The minimum atomic E-state index is 0.537. The molecule has 0 spiro atoms. The van der Waals surface area contributed by atoms with Crippen LogP contribution in [0.1, 0.15) is 18.2 Å². The van der Waals surface area contributed by atoms with Gasteiger partial charge in [0.2, 0.25) is 0 Å². The molecule has 15 heavy (non-hydrogen) atoms. The van der Waals surface area contributed by atoms with Gasteiger partial charge in [-0.25, -0.2) is 0 Å². The minimum Gasteiger partial charge on any atom is -0.330 e. The van der Waals surface area contributed by atoms with Crippen LogP contribution < -0.4 is 5.73 Å². The molecule has 2 aromatic rings. The van der Waals surface area contributed by atoms with Crippen molar-refractivity contribution in [3.8, 4) is 0 Å². The first-order chi connectivity index (χ1) is 7.22. The summed E-state index contributed by atoms with van der Waals surface area (Å²) >= 11 is 1.58. The first-order valence-corrected chi connectivity index (χ1v) is 6.03. The van der Waals surface area contributed by atoms with Crippen LogP contribution in [0.4, 0.5) is 0 Å². The predicted octanol–water partition coefficient (Wildman–Crippen LogP) is 2.74. The number of rotatable bonds is 3. The Hall–Kier alpha value is -0.930. The highest BCUT2D eigenvalue weighted by Crippen LogP contribution is 2.27. The predicted molar refractivity (Wildman–Crippen MR) is 66.3 cm³/mol. The second kappa shape index (κ2) is 4.29. The number of nitrogens with zero attached hydrogens (tertiary/aromatic N) is 1. The molecular formula is C12H16N2S. The molecule has 1 unspecified atom stereocenters. The Morgan fingerprint density at radius 3 is 3.00 bits per heavy atom. The molecule has 1 heterocycles. The molecule has 0 saturated carbocycles. The molecule has 0 aliphatic heterocycles. The zero-order chi connectivity index (χ0) is 10.8. The maximum atomic E-state index is 5.66. The van der Waals surface area contributed by atoms with E-state index >= 15 is 0 Å². The van der Waals surface area contributed by atoms with Crippen LogP contribution in [-0.2, 0) is 6.42 Å². The topological polar surface area (TPSA) is 38.9 Å². The van der Waals surface area contributed by atoms with Crippen LogP contribution in [-0.4, -0.2) is 10.9 Å². The van der Waals surface area contributed by atoms with Crippen LogP contribution in [0.15, 0.2) is 18.2 Å². The van der Waals surface area contributed by atoms with Crippen LogP contribution in [0.2, 0.25) is 0 Å². The number of hydrogen-bond acceptors (Lipinski definition) is 3. The fraction of sp³-hybridized carbons (Fsp3) is 0.417. The summed E-state index contributed by atoms with van der Waals surface area (Å²) in [6.07, 6.45) is 1.05. The molecule has 2 N–H and O–H groups in total. The molecule has 0 aliphatic carbocycles. The fourth-order valence-electron chi connectivity index (χ4n) is 1.86. The third-order valence-corrected chi connectivity index (χ3v) is 3.63. The molecule has 3 heteroatoms. The third kappa shape index (κ3) is 2.03. The summed E-state index contributed by atoms with van der Waals surface area (Å²) < 4.78 is 5.69.